The Morgan fingerprint density at radius 1 is 0.750 bits per heavy atom. The molecule has 4 nitrogen and oxygen atoms in total. The Balaban J connectivity index is -0.000000000333. The van der Waals surface area contributed by atoms with E-state index in [2.05, 4.69) is 0 Å². The third kappa shape index (κ3) is 94.1. The zero-order chi connectivity index (χ0) is 2.00. The van der Waals surface area contributed by atoms with Crippen molar-refractivity contribution in [2.75, 3.05) is 0 Å². The van der Waals surface area contributed by atoms with Crippen LogP contribution in [-0.2, 0) is 42.6 Å². The van der Waals surface area contributed by atoms with Crippen LogP contribution in [0, 0.1) is 4.17 Å². The molecule has 0 spiro atoms. The molecule has 0 unspecified atom stereocenters. The Morgan fingerprint density at radius 2 is 0.750 bits per heavy atom. The molecular formula is Al3NO3Zr. The summed E-state index contributed by atoms with van der Waals surface area (Å²) in [7, 11) is 0. The van der Waals surface area contributed by atoms with Crippen molar-refractivity contribution in [1.29, 1.82) is 4.17 Å². The minimum Gasteiger partial charge on any atom is -2.00 e. The smallest absolute Gasteiger partial charge is 0 e. The average molecular weight is 234 g/mol. The zero-order valence-corrected chi connectivity index (χ0v) is 9.83. The van der Waals surface area contributed by atoms with Gasteiger partial charge < -0.3 is 16.4 Å². The molecule has 8 heavy (non-hydrogen) atoms. The van der Waals surface area contributed by atoms with Gasteiger partial charge in [0.05, 0.1) is 0 Å². The van der Waals surface area contributed by atoms with E-state index in [1.165, 1.54) is 15.9 Å². The van der Waals surface area contributed by atoms with E-state index in [-0.39, 0.29) is 77.4 Å². The number of rotatable bonds is 0. The summed E-state index contributed by atoms with van der Waals surface area (Å²) in [5, 5.41) is 0. The fourth-order valence-electron chi connectivity index (χ4n) is 0. The van der Waals surface area contributed by atoms with E-state index < -0.39 is 0 Å². The average Bonchev–Trinajstić information content (AvgIpc) is 1.00. The molecule has 0 rings (SSSR count). The maximum atomic E-state index is 6.92. The predicted molar refractivity (Wildman–Crippen MR) is 21.0 cm³/mol. The summed E-state index contributed by atoms with van der Waals surface area (Å²) in [6.07, 6.45) is 0. The van der Waals surface area contributed by atoms with Crippen molar-refractivity contribution < 1.29 is 42.6 Å². The monoisotopic (exact) mass is 233 g/mol. The summed E-state index contributed by atoms with van der Waals surface area (Å²) in [6.45, 7) is 0. The summed E-state index contributed by atoms with van der Waals surface area (Å²) in [6, 6.07) is 0. The van der Waals surface area contributed by atoms with E-state index in [0.717, 1.165) is 0 Å². The van der Waals surface area contributed by atoms with Gasteiger partial charge in [-0.3, -0.25) is 0 Å². The van der Waals surface area contributed by atoms with E-state index >= 15 is 0 Å². The van der Waals surface area contributed by atoms with Gasteiger partial charge in [0.1, 0.15) is 0 Å². The SMILES string of the molecule is [Al+3].[Al+3].[N]#[Al].[O-2].[O-2].[O-2].[Zr]. The van der Waals surface area contributed by atoms with Gasteiger partial charge in [-0.15, -0.1) is 0 Å². The first-order valence-electron chi connectivity index (χ1n) is 0.258. The summed E-state index contributed by atoms with van der Waals surface area (Å²) in [5.41, 5.74) is 0. The van der Waals surface area contributed by atoms with Gasteiger partial charge in [0.2, 0.25) is 0 Å². The number of nitrogens with zero attached hydrogens (tertiary/aromatic N) is 1. The molecule has 0 bridgehead atoms. The molecule has 0 aliphatic carbocycles. The molecule has 0 radical (unpaired) electrons. The zero-order valence-electron chi connectivity index (χ0n) is 3.90. The second-order valence-corrected chi connectivity index (χ2v) is 0. The molecule has 0 aliphatic heterocycles. The molecular weight excluding hydrogens is 234 g/mol. The quantitative estimate of drug-likeness (QED) is 0.467. The molecule has 0 aromatic carbocycles. The van der Waals surface area contributed by atoms with Gasteiger partial charge >= 0.3 is 54.8 Å². The molecule has 0 atom stereocenters. The molecule has 0 N–H and O–H groups in total. The summed E-state index contributed by atoms with van der Waals surface area (Å²) in [4.78, 5) is 0. The fourth-order valence-corrected chi connectivity index (χ4v) is 0. The largest absolute Gasteiger partial charge is 2.00 e. The van der Waals surface area contributed by atoms with Crippen LogP contribution in [0.5, 0.6) is 0 Å². The molecule has 0 aromatic rings. The van der Waals surface area contributed by atoms with Crippen molar-refractivity contribution in [3.8, 4) is 0 Å². The molecule has 8 heteroatoms. The van der Waals surface area contributed by atoms with Crippen molar-refractivity contribution in [3.63, 3.8) is 0 Å². The van der Waals surface area contributed by atoms with Crippen LogP contribution in [0.3, 0.4) is 0 Å². The third-order valence-corrected chi connectivity index (χ3v) is 0. The molecule has 36 valence electrons. The Hall–Kier alpha value is 2.07. The minimum atomic E-state index is 0. The van der Waals surface area contributed by atoms with Crippen molar-refractivity contribution in [1.82, 2.24) is 0 Å². The molecule has 0 aliphatic rings. The number of hydrogen-bond donors (Lipinski definition) is 0. The van der Waals surface area contributed by atoms with E-state index in [1.807, 2.05) is 0 Å². The Kier molecular flexibility index (Phi) is 1510. The maximum Gasteiger partial charge on any atom is 0 e. The molecule has 0 aromatic heterocycles. The molecule has 0 fully saturated rings. The van der Waals surface area contributed by atoms with E-state index in [9.17, 15) is 0 Å². The van der Waals surface area contributed by atoms with Crippen LogP contribution < -0.4 is 0 Å². The molecule has 0 amide bonds. The summed E-state index contributed by atoms with van der Waals surface area (Å²) < 4.78 is 6.92. The Bertz CT molecular complexity index is 19.2. The van der Waals surface area contributed by atoms with Crippen LogP contribution in [0.2, 0.25) is 0 Å². The number of hydrogen-bond acceptors (Lipinski definition) is 1. The standard InChI is InChI=1S/3Al.N.3O.Zr/q;2*+3;;3*-2;. The second kappa shape index (κ2) is 138. The van der Waals surface area contributed by atoms with Crippen molar-refractivity contribution in [3.05, 3.63) is 0 Å². The molecule has 0 saturated heterocycles. The van der Waals surface area contributed by atoms with Crippen LogP contribution in [0.1, 0.15) is 0 Å². The fraction of sp³-hybridized carbons (Fsp3) is 0. The van der Waals surface area contributed by atoms with Gasteiger partial charge in [0.15, 0.2) is 0 Å². The first-order valence-corrected chi connectivity index (χ1v) is 0.775. The molecule has 0 heterocycles. The molecule has 0 saturated carbocycles. The normalized spacial score (nSPS) is 0.625. The van der Waals surface area contributed by atoms with Gasteiger partial charge in [-0.2, -0.15) is 0 Å². The van der Waals surface area contributed by atoms with Crippen molar-refractivity contribution >= 4 is 50.6 Å². The predicted octanol–water partition coefficient (Wildman–Crippen LogP) is -1.49. The second-order valence-electron chi connectivity index (χ2n) is 0. The minimum absolute atomic E-state index is 0. The van der Waals surface area contributed by atoms with Gasteiger partial charge in [-0.1, -0.05) is 0 Å². The van der Waals surface area contributed by atoms with Crippen molar-refractivity contribution in [2.45, 2.75) is 0 Å². The van der Waals surface area contributed by atoms with Crippen LogP contribution in [0.25, 0.3) is 0 Å². The Morgan fingerprint density at radius 3 is 0.750 bits per heavy atom. The maximum absolute atomic E-state index is 6.92. The van der Waals surface area contributed by atoms with Crippen LogP contribution >= 0.6 is 0 Å². The first-order chi connectivity index (χ1) is 1.00. The van der Waals surface area contributed by atoms with Crippen LogP contribution in [0.15, 0.2) is 0 Å². The van der Waals surface area contributed by atoms with E-state index in [1.54, 1.807) is 0 Å². The summed E-state index contributed by atoms with van der Waals surface area (Å²) in [5.74, 6) is 0. The van der Waals surface area contributed by atoms with E-state index in [0.29, 0.717) is 0 Å². The van der Waals surface area contributed by atoms with Gasteiger partial charge in [0, 0.05) is 26.2 Å². The van der Waals surface area contributed by atoms with Gasteiger partial charge in [-0.25, -0.2) is 0 Å². The van der Waals surface area contributed by atoms with Gasteiger partial charge in [-0.05, 0) is 0 Å². The van der Waals surface area contributed by atoms with Crippen LogP contribution in [0.4, 0.5) is 0 Å². The summed E-state index contributed by atoms with van der Waals surface area (Å²) >= 11 is 1.42. The topological polar surface area (TPSA) is 109 Å². The third-order valence-electron chi connectivity index (χ3n) is 0. The van der Waals surface area contributed by atoms with Gasteiger partial charge in [0.25, 0.3) is 0 Å². The van der Waals surface area contributed by atoms with Crippen LogP contribution in [-0.4, -0.2) is 50.6 Å². The first kappa shape index (κ1) is 87.9. The van der Waals surface area contributed by atoms with Crippen molar-refractivity contribution in [2.24, 2.45) is 0 Å². The Labute approximate surface area is 96.4 Å². The van der Waals surface area contributed by atoms with E-state index in [4.69, 9.17) is 4.17 Å².